The van der Waals surface area contributed by atoms with E-state index >= 15 is 0 Å². The number of anilines is 5. The predicted molar refractivity (Wildman–Crippen MR) is 143 cm³/mol. The van der Waals surface area contributed by atoms with Crippen molar-refractivity contribution in [2.45, 2.75) is 18.4 Å². The van der Waals surface area contributed by atoms with E-state index in [0.717, 1.165) is 4.31 Å². The number of rotatable bonds is 8. The van der Waals surface area contributed by atoms with Crippen molar-refractivity contribution < 1.29 is 18.3 Å². The molecule has 1 amide bonds. The summed E-state index contributed by atoms with van der Waals surface area (Å²) in [6.45, 7) is 0. The summed E-state index contributed by atoms with van der Waals surface area (Å²) in [4.78, 5) is 21.7. The fraction of sp³-hybridized carbons (Fsp3) is 0.160. The van der Waals surface area contributed by atoms with Crippen LogP contribution in [-0.4, -0.2) is 37.3 Å². The molecule has 1 heterocycles. The van der Waals surface area contributed by atoms with Crippen LogP contribution >= 0.6 is 11.6 Å². The zero-order valence-electron chi connectivity index (χ0n) is 19.6. The lowest BCUT2D eigenvalue weighted by molar-refractivity contribution is -0.118. The van der Waals surface area contributed by atoms with Crippen LogP contribution in [0, 0.1) is 0 Å². The van der Waals surface area contributed by atoms with Gasteiger partial charge in [0.15, 0.2) is 11.6 Å². The first-order valence-corrected chi connectivity index (χ1v) is 12.7. The van der Waals surface area contributed by atoms with Gasteiger partial charge in [-0.3, -0.25) is 13.3 Å². The molecule has 37 heavy (non-hydrogen) atoms. The number of carbonyl (C=O) groups excluding carboxylic acids is 1. The molecule has 1 fully saturated rings. The Labute approximate surface area is 220 Å². The van der Waals surface area contributed by atoms with E-state index < -0.39 is 16.8 Å². The van der Waals surface area contributed by atoms with Gasteiger partial charge in [-0.15, -0.1) is 0 Å². The zero-order valence-corrected chi connectivity index (χ0v) is 21.2. The van der Waals surface area contributed by atoms with Crippen LogP contribution in [0.1, 0.15) is 12.8 Å². The van der Waals surface area contributed by atoms with Crippen molar-refractivity contribution in [1.29, 1.82) is 0 Å². The molecule has 0 spiro atoms. The molecule has 1 unspecified atom stereocenters. The highest BCUT2D eigenvalue weighted by Crippen LogP contribution is 2.38. The minimum Gasteiger partial charge on any atom is -0.755 e. The average molecular weight is 538 g/mol. The number of ether oxygens (including phenoxy) is 1. The van der Waals surface area contributed by atoms with Crippen LogP contribution in [0.4, 0.5) is 28.7 Å². The van der Waals surface area contributed by atoms with Gasteiger partial charge in [0.1, 0.15) is 5.75 Å². The molecule has 0 saturated heterocycles. The lowest BCUT2D eigenvalue weighted by Gasteiger charge is -2.28. The number of nitrogens with zero attached hydrogens (tertiary/aromatic N) is 3. The molecule has 0 radical (unpaired) electrons. The molecular formula is C25H22ClN6O4S-. The minimum absolute atomic E-state index is 0.00637. The summed E-state index contributed by atoms with van der Waals surface area (Å²) in [5.41, 5.74) is 7.21. The molecule has 190 valence electrons. The van der Waals surface area contributed by atoms with Gasteiger partial charge in [0.2, 0.25) is 5.91 Å². The first kappa shape index (κ1) is 24.9. The fourth-order valence-electron chi connectivity index (χ4n) is 3.68. The number of para-hydroxylation sites is 2. The highest BCUT2D eigenvalue weighted by atomic mass is 35.5. The zero-order chi connectivity index (χ0) is 26.2. The van der Waals surface area contributed by atoms with Gasteiger partial charge in [-0.05, 0) is 55.3 Å². The van der Waals surface area contributed by atoms with Gasteiger partial charge in [-0.2, -0.15) is 0 Å². The molecule has 1 aromatic heterocycles. The molecule has 1 saturated carbocycles. The second-order valence-corrected chi connectivity index (χ2v) is 9.73. The molecule has 1 aliphatic rings. The Morgan fingerprint density at radius 2 is 1.84 bits per heavy atom. The number of aromatic nitrogens is 2. The Bertz CT molecular complexity index is 1530. The Kier molecular flexibility index (Phi) is 6.69. The fourth-order valence-corrected chi connectivity index (χ4v) is 4.40. The van der Waals surface area contributed by atoms with Crippen LogP contribution in [0.5, 0.6) is 5.75 Å². The Hall–Kier alpha value is -3.77. The van der Waals surface area contributed by atoms with Crippen molar-refractivity contribution >= 4 is 68.5 Å². The van der Waals surface area contributed by atoms with Crippen LogP contribution in [-0.2, 0) is 16.1 Å². The van der Waals surface area contributed by atoms with Crippen molar-refractivity contribution in [2.75, 3.05) is 22.0 Å². The third-order valence-corrected chi connectivity index (χ3v) is 6.91. The molecule has 5 rings (SSSR count). The minimum atomic E-state index is -2.81. The number of carbonyl (C=O) groups is 1. The van der Waals surface area contributed by atoms with Gasteiger partial charge in [-0.25, -0.2) is 9.97 Å². The van der Waals surface area contributed by atoms with E-state index in [1.54, 1.807) is 60.7 Å². The summed E-state index contributed by atoms with van der Waals surface area (Å²) < 4.78 is 31.5. The molecule has 4 aromatic rings. The summed E-state index contributed by atoms with van der Waals surface area (Å²) in [6.07, 6.45) is 1.20. The number of fused-ring (bicyclic) bond motifs is 1. The normalized spacial score (nSPS) is 14.6. The van der Waals surface area contributed by atoms with Crippen LogP contribution in [0.25, 0.3) is 11.0 Å². The van der Waals surface area contributed by atoms with Gasteiger partial charge in [0.05, 0.1) is 51.3 Å². The maximum atomic E-state index is 12.6. The SMILES string of the molecule is COc1ccc(Cl)c(Nc2nc3ccccc3nc2N(c2cccc(NC(=O)C3(N)CC3)c2)S(=O)[O-])c1. The van der Waals surface area contributed by atoms with E-state index in [1.165, 1.54) is 13.2 Å². The average Bonchev–Trinajstić information content (AvgIpc) is 3.64. The first-order chi connectivity index (χ1) is 17.8. The van der Waals surface area contributed by atoms with Crippen LogP contribution in [0.2, 0.25) is 5.02 Å². The highest BCUT2D eigenvalue weighted by molar-refractivity contribution is 7.81. The largest absolute Gasteiger partial charge is 0.755 e. The van der Waals surface area contributed by atoms with E-state index in [9.17, 15) is 13.6 Å². The smallest absolute Gasteiger partial charge is 0.244 e. The lowest BCUT2D eigenvalue weighted by atomic mass is 10.2. The second kappa shape index (κ2) is 9.94. The highest BCUT2D eigenvalue weighted by Gasteiger charge is 2.46. The van der Waals surface area contributed by atoms with Crippen molar-refractivity contribution in [3.05, 3.63) is 71.8 Å². The standard InChI is InChI=1S/C25H23ClN6O4S/c1-36-17-9-10-18(26)21(14-17)30-22-23(31-20-8-3-2-7-19(20)29-22)32(37(34)35)16-6-4-5-15(13-16)28-24(33)25(27)11-12-25/h2-10,13-14H,11-12,27H2,1H3,(H,28,33)(H,29,30)(H,34,35)/p-1. The number of methoxy groups -OCH3 is 1. The monoisotopic (exact) mass is 537 g/mol. The van der Waals surface area contributed by atoms with Gasteiger partial charge in [0, 0.05) is 11.8 Å². The summed E-state index contributed by atoms with van der Waals surface area (Å²) >= 11 is 3.58. The van der Waals surface area contributed by atoms with Crippen LogP contribution < -0.4 is 25.4 Å². The number of nitrogens with one attached hydrogen (secondary N) is 2. The maximum absolute atomic E-state index is 12.6. The molecule has 0 bridgehead atoms. The first-order valence-electron chi connectivity index (χ1n) is 11.2. The van der Waals surface area contributed by atoms with Crippen molar-refractivity contribution in [3.8, 4) is 5.75 Å². The van der Waals surface area contributed by atoms with Crippen LogP contribution in [0.3, 0.4) is 0 Å². The molecule has 12 heteroatoms. The summed E-state index contributed by atoms with van der Waals surface area (Å²) in [7, 11) is 1.53. The van der Waals surface area contributed by atoms with E-state index in [-0.39, 0.29) is 23.2 Å². The van der Waals surface area contributed by atoms with E-state index in [2.05, 4.69) is 20.6 Å². The van der Waals surface area contributed by atoms with Crippen LogP contribution in [0.15, 0.2) is 66.7 Å². The number of benzene rings is 3. The summed E-state index contributed by atoms with van der Waals surface area (Å²) in [5.74, 6) is 0.376. The quantitative estimate of drug-likeness (QED) is 0.280. The van der Waals surface area contributed by atoms with Gasteiger partial charge >= 0.3 is 0 Å². The van der Waals surface area contributed by atoms with Gasteiger partial charge < -0.3 is 25.7 Å². The Balaban J connectivity index is 1.60. The predicted octanol–water partition coefficient (Wildman–Crippen LogP) is 4.40. The number of hydrogen-bond donors (Lipinski definition) is 3. The van der Waals surface area contributed by atoms with E-state index in [0.29, 0.717) is 46.0 Å². The van der Waals surface area contributed by atoms with E-state index in [1.807, 2.05) is 0 Å². The summed E-state index contributed by atoms with van der Waals surface area (Å²) in [5, 5.41) is 6.23. The maximum Gasteiger partial charge on any atom is 0.244 e. The second-order valence-electron chi connectivity index (χ2n) is 8.53. The molecule has 0 aliphatic heterocycles. The number of amides is 1. The lowest BCUT2D eigenvalue weighted by Crippen LogP contribution is -2.37. The van der Waals surface area contributed by atoms with E-state index in [4.69, 9.17) is 22.1 Å². The van der Waals surface area contributed by atoms with Crippen molar-refractivity contribution in [3.63, 3.8) is 0 Å². The molecule has 10 nitrogen and oxygen atoms in total. The number of hydrogen-bond acceptors (Lipinski definition) is 8. The number of halogens is 1. The van der Waals surface area contributed by atoms with Gasteiger partial charge in [-0.1, -0.05) is 29.8 Å². The molecule has 1 aliphatic carbocycles. The Morgan fingerprint density at radius 3 is 2.51 bits per heavy atom. The summed E-state index contributed by atoms with van der Waals surface area (Å²) in [6, 6.07) is 18.5. The Morgan fingerprint density at radius 1 is 1.11 bits per heavy atom. The van der Waals surface area contributed by atoms with Crippen molar-refractivity contribution in [2.24, 2.45) is 5.73 Å². The van der Waals surface area contributed by atoms with Gasteiger partial charge in [0.25, 0.3) is 0 Å². The molecule has 4 N–H and O–H groups in total. The molecule has 3 aromatic carbocycles. The topological polar surface area (TPSA) is 146 Å². The van der Waals surface area contributed by atoms with Crippen molar-refractivity contribution in [1.82, 2.24) is 9.97 Å². The number of nitrogens with two attached hydrogens (primary N) is 1. The molecule has 1 atom stereocenters. The molecular weight excluding hydrogens is 516 g/mol. The third-order valence-electron chi connectivity index (χ3n) is 5.90. The third kappa shape index (κ3) is 5.20.